The second-order valence-electron chi connectivity index (χ2n) is 3.25. The molecular formula is C11H8NO2. The molecule has 1 atom stereocenters. The molecule has 0 saturated carbocycles. The zero-order valence-corrected chi connectivity index (χ0v) is 7.43. The van der Waals surface area contributed by atoms with Crippen LogP contribution >= 0.6 is 0 Å². The maximum absolute atomic E-state index is 5.45. The van der Waals surface area contributed by atoms with Crippen molar-refractivity contribution >= 4 is 11.0 Å². The van der Waals surface area contributed by atoms with E-state index in [1.807, 2.05) is 24.3 Å². The summed E-state index contributed by atoms with van der Waals surface area (Å²) in [5.41, 5.74) is 1.85. The molecule has 14 heavy (non-hydrogen) atoms. The van der Waals surface area contributed by atoms with Crippen molar-refractivity contribution in [2.45, 2.75) is 12.5 Å². The van der Waals surface area contributed by atoms with E-state index in [1.165, 1.54) is 0 Å². The maximum atomic E-state index is 5.45. The lowest BCUT2D eigenvalue weighted by atomic mass is 10.0. The van der Waals surface area contributed by atoms with Gasteiger partial charge in [-0.05, 0) is 12.1 Å². The number of rotatable bonds is 1. The molecule has 0 saturated heterocycles. The van der Waals surface area contributed by atoms with Crippen molar-refractivity contribution in [1.29, 1.82) is 0 Å². The lowest BCUT2D eigenvalue weighted by molar-refractivity contribution is 0.175. The van der Waals surface area contributed by atoms with Crippen molar-refractivity contribution in [3.05, 3.63) is 42.3 Å². The quantitative estimate of drug-likeness (QED) is 0.686. The molecule has 3 rings (SSSR count). The zero-order valence-electron chi connectivity index (χ0n) is 7.43. The lowest BCUT2D eigenvalue weighted by Crippen LogP contribution is -1.95. The van der Waals surface area contributed by atoms with E-state index >= 15 is 0 Å². The summed E-state index contributed by atoms with van der Waals surface area (Å²) >= 11 is 0. The molecule has 1 aromatic heterocycles. The summed E-state index contributed by atoms with van der Waals surface area (Å²) in [7, 11) is 0. The molecule has 0 aliphatic carbocycles. The van der Waals surface area contributed by atoms with Gasteiger partial charge in [0.15, 0.2) is 5.58 Å². The molecule has 0 bridgehead atoms. The van der Waals surface area contributed by atoms with Crippen LogP contribution in [0.15, 0.2) is 35.1 Å². The number of nitrogens with zero attached hydrogens (tertiary/aromatic N) is 1. The fourth-order valence-electron chi connectivity index (χ4n) is 1.72. The molecule has 69 valence electrons. The topological polar surface area (TPSA) is 35.3 Å². The van der Waals surface area contributed by atoms with Gasteiger partial charge in [0.05, 0.1) is 11.6 Å². The Kier molecular flexibility index (Phi) is 1.56. The Bertz CT molecular complexity index is 479. The van der Waals surface area contributed by atoms with Crippen LogP contribution in [-0.2, 0) is 4.74 Å². The van der Waals surface area contributed by atoms with Crippen molar-refractivity contribution in [3.8, 4) is 0 Å². The van der Waals surface area contributed by atoms with Gasteiger partial charge in [-0.25, -0.2) is 0 Å². The number of fused-ring (bicyclic) bond motifs is 1. The number of hydrogen-bond acceptors (Lipinski definition) is 3. The van der Waals surface area contributed by atoms with Gasteiger partial charge in [0.1, 0.15) is 12.3 Å². The summed E-state index contributed by atoms with van der Waals surface area (Å²) in [6.07, 6.45) is 7.58. The van der Waals surface area contributed by atoms with Crippen molar-refractivity contribution in [2.24, 2.45) is 0 Å². The summed E-state index contributed by atoms with van der Waals surface area (Å²) < 4.78 is 10.5. The predicted octanol–water partition coefficient (Wildman–Crippen LogP) is 2.60. The van der Waals surface area contributed by atoms with E-state index in [1.54, 1.807) is 6.26 Å². The molecule has 1 unspecified atom stereocenters. The van der Waals surface area contributed by atoms with Gasteiger partial charge in [0.2, 0.25) is 0 Å². The highest BCUT2D eigenvalue weighted by atomic mass is 16.5. The summed E-state index contributed by atoms with van der Waals surface area (Å²) in [6.45, 7) is 0. The van der Waals surface area contributed by atoms with Crippen LogP contribution < -0.4 is 0 Å². The first-order valence-electron chi connectivity index (χ1n) is 4.51. The van der Waals surface area contributed by atoms with E-state index in [4.69, 9.17) is 9.26 Å². The van der Waals surface area contributed by atoms with Crippen LogP contribution in [0.2, 0.25) is 0 Å². The minimum atomic E-state index is 0.0920. The van der Waals surface area contributed by atoms with Gasteiger partial charge in [-0.1, -0.05) is 17.3 Å². The second kappa shape index (κ2) is 2.87. The van der Waals surface area contributed by atoms with Crippen LogP contribution in [0.25, 0.3) is 11.0 Å². The minimum Gasteiger partial charge on any atom is -0.493 e. The van der Waals surface area contributed by atoms with Crippen LogP contribution in [0.1, 0.15) is 18.1 Å². The number of aromatic nitrogens is 1. The maximum Gasteiger partial charge on any atom is 0.168 e. The SMILES string of the molecule is [c]1noc2cccc(C3CC=CO3)c12. The minimum absolute atomic E-state index is 0.0920. The molecule has 0 amide bonds. The molecule has 2 aromatic rings. The van der Waals surface area contributed by atoms with E-state index in [-0.39, 0.29) is 6.10 Å². The van der Waals surface area contributed by atoms with Crippen molar-refractivity contribution in [2.75, 3.05) is 0 Å². The highest BCUT2D eigenvalue weighted by Gasteiger charge is 2.18. The molecule has 2 heterocycles. The smallest absolute Gasteiger partial charge is 0.168 e. The fraction of sp³-hybridized carbons (Fsp3) is 0.182. The van der Waals surface area contributed by atoms with Gasteiger partial charge in [0, 0.05) is 12.0 Å². The summed E-state index contributed by atoms with van der Waals surface area (Å²) in [4.78, 5) is 0. The fourth-order valence-corrected chi connectivity index (χ4v) is 1.72. The average Bonchev–Trinajstić information content (AvgIpc) is 2.88. The van der Waals surface area contributed by atoms with Crippen LogP contribution in [0.4, 0.5) is 0 Å². The standard InChI is InChI=1S/C11H8NO2/c1-3-8(10-5-2-6-13-10)9-7-12-14-11(9)4-1/h1-4,6,10H,5H2. The lowest BCUT2D eigenvalue weighted by Gasteiger charge is -2.10. The van der Waals surface area contributed by atoms with Crippen LogP contribution in [-0.4, -0.2) is 5.16 Å². The molecule has 0 spiro atoms. The van der Waals surface area contributed by atoms with E-state index in [0.29, 0.717) is 0 Å². The molecule has 0 fully saturated rings. The summed E-state index contributed by atoms with van der Waals surface area (Å²) in [5.74, 6) is 0. The van der Waals surface area contributed by atoms with Gasteiger partial charge < -0.3 is 9.26 Å². The average molecular weight is 186 g/mol. The van der Waals surface area contributed by atoms with Crippen molar-refractivity contribution < 1.29 is 9.26 Å². The van der Waals surface area contributed by atoms with Crippen molar-refractivity contribution in [3.63, 3.8) is 0 Å². The number of benzene rings is 1. The Morgan fingerprint density at radius 3 is 3.29 bits per heavy atom. The van der Waals surface area contributed by atoms with Gasteiger partial charge >= 0.3 is 0 Å². The van der Waals surface area contributed by atoms with E-state index < -0.39 is 0 Å². The van der Waals surface area contributed by atoms with E-state index in [0.717, 1.165) is 23.0 Å². The van der Waals surface area contributed by atoms with Gasteiger partial charge in [0.25, 0.3) is 0 Å². The highest BCUT2D eigenvalue weighted by molar-refractivity contribution is 5.79. The molecule has 1 aliphatic heterocycles. The Morgan fingerprint density at radius 1 is 1.43 bits per heavy atom. The van der Waals surface area contributed by atoms with Gasteiger partial charge in [-0.3, -0.25) is 0 Å². The number of ether oxygens (including phenoxy) is 1. The van der Waals surface area contributed by atoms with E-state index in [9.17, 15) is 0 Å². The Hall–Kier alpha value is -1.77. The zero-order chi connectivity index (χ0) is 9.38. The summed E-state index contributed by atoms with van der Waals surface area (Å²) in [5, 5.41) is 4.58. The molecule has 3 nitrogen and oxygen atoms in total. The van der Waals surface area contributed by atoms with Crippen LogP contribution in [0, 0.1) is 6.20 Å². The molecular weight excluding hydrogens is 178 g/mol. The third-order valence-electron chi connectivity index (χ3n) is 2.40. The molecule has 1 aliphatic rings. The van der Waals surface area contributed by atoms with Crippen molar-refractivity contribution in [1.82, 2.24) is 5.16 Å². The predicted molar refractivity (Wildman–Crippen MR) is 50.4 cm³/mol. The second-order valence-corrected chi connectivity index (χ2v) is 3.25. The van der Waals surface area contributed by atoms with Gasteiger partial charge in [-0.2, -0.15) is 0 Å². The van der Waals surface area contributed by atoms with Crippen LogP contribution in [0.3, 0.4) is 0 Å². The first kappa shape index (κ1) is 7.62. The normalized spacial score (nSPS) is 20.1. The third-order valence-corrected chi connectivity index (χ3v) is 2.40. The molecule has 3 heteroatoms. The first-order valence-corrected chi connectivity index (χ1v) is 4.51. The number of hydrogen-bond donors (Lipinski definition) is 0. The molecule has 0 N–H and O–H groups in total. The van der Waals surface area contributed by atoms with Gasteiger partial charge in [-0.15, -0.1) is 0 Å². The third kappa shape index (κ3) is 1.02. The highest BCUT2D eigenvalue weighted by Crippen LogP contribution is 2.31. The Labute approximate surface area is 81.0 Å². The summed E-state index contributed by atoms with van der Waals surface area (Å²) in [6, 6.07) is 5.84. The Morgan fingerprint density at radius 2 is 2.43 bits per heavy atom. The molecule has 1 radical (unpaired) electrons. The molecule has 1 aromatic carbocycles. The van der Waals surface area contributed by atoms with Crippen LogP contribution in [0.5, 0.6) is 0 Å². The van der Waals surface area contributed by atoms with E-state index in [2.05, 4.69) is 11.4 Å². The first-order chi connectivity index (χ1) is 6.95. The Balaban J connectivity index is 2.15. The monoisotopic (exact) mass is 186 g/mol. The largest absolute Gasteiger partial charge is 0.493 e.